The molecule has 96 valence electrons. The zero-order valence-corrected chi connectivity index (χ0v) is 10.1. The molecule has 0 radical (unpaired) electrons. The maximum absolute atomic E-state index is 12.1. The van der Waals surface area contributed by atoms with Crippen LogP contribution in [0.5, 0.6) is 0 Å². The maximum atomic E-state index is 12.1. The first-order valence-electron chi connectivity index (χ1n) is 5.10. The fraction of sp³-hybridized carbons (Fsp3) is 0.455. The lowest BCUT2D eigenvalue weighted by atomic mass is 10.1. The standard InChI is InChI=1S/C11H14ClF3N2/c1-17(6-5-11(13,14)15)10-4-2-3-9(12)8(10)7-16/h2-4H,5-7,16H2,1H3. The first kappa shape index (κ1) is 14.1. The van der Waals surface area contributed by atoms with Gasteiger partial charge in [-0.15, -0.1) is 0 Å². The second kappa shape index (κ2) is 5.60. The fourth-order valence-electron chi connectivity index (χ4n) is 1.52. The topological polar surface area (TPSA) is 29.3 Å². The summed E-state index contributed by atoms with van der Waals surface area (Å²) in [6.45, 7) is 0.0855. The number of alkyl halides is 3. The summed E-state index contributed by atoms with van der Waals surface area (Å²) in [6.07, 6.45) is -5.02. The highest BCUT2D eigenvalue weighted by Crippen LogP contribution is 2.28. The number of benzene rings is 1. The Labute approximate surface area is 103 Å². The summed E-state index contributed by atoms with van der Waals surface area (Å²) >= 11 is 5.93. The van der Waals surface area contributed by atoms with Gasteiger partial charge in [-0.2, -0.15) is 13.2 Å². The molecule has 1 aromatic carbocycles. The minimum absolute atomic E-state index is 0.114. The molecule has 0 fully saturated rings. The lowest BCUT2D eigenvalue weighted by molar-refractivity contribution is -0.132. The summed E-state index contributed by atoms with van der Waals surface area (Å²) in [4.78, 5) is 1.52. The van der Waals surface area contributed by atoms with Crippen molar-refractivity contribution in [2.75, 3.05) is 18.5 Å². The molecule has 0 amide bonds. The van der Waals surface area contributed by atoms with E-state index in [-0.39, 0.29) is 13.1 Å². The predicted octanol–water partition coefficient (Wildman–Crippen LogP) is 3.19. The number of anilines is 1. The van der Waals surface area contributed by atoms with Crippen molar-refractivity contribution in [1.29, 1.82) is 0 Å². The van der Waals surface area contributed by atoms with E-state index in [9.17, 15) is 13.2 Å². The fourth-order valence-corrected chi connectivity index (χ4v) is 1.77. The highest BCUT2D eigenvalue weighted by atomic mass is 35.5. The summed E-state index contributed by atoms with van der Waals surface area (Å²) in [5, 5.41) is 0.476. The van der Waals surface area contributed by atoms with Gasteiger partial charge < -0.3 is 10.6 Å². The number of nitrogens with two attached hydrogens (primary N) is 1. The van der Waals surface area contributed by atoms with Gasteiger partial charge in [0.25, 0.3) is 0 Å². The van der Waals surface area contributed by atoms with Crippen LogP contribution in [0.2, 0.25) is 5.02 Å². The number of halogens is 4. The highest BCUT2D eigenvalue weighted by molar-refractivity contribution is 6.31. The van der Waals surface area contributed by atoms with Gasteiger partial charge in [-0.25, -0.2) is 0 Å². The lowest BCUT2D eigenvalue weighted by Crippen LogP contribution is -2.25. The molecule has 0 atom stereocenters. The largest absolute Gasteiger partial charge is 0.390 e. The van der Waals surface area contributed by atoms with E-state index in [1.54, 1.807) is 25.2 Å². The van der Waals surface area contributed by atoms with Gasteiger partial charge >= 0.3 is 6.18 Å². The Kier molecular flexibility index (Phi) is 4.65. The third-order valence-electron chi connectivity index (χ3n) is 2.44. The van der Waals surface area contributed by atoms with E-state index in [0.29, 0.717) is 16.3 Å². The summed E-state index contributed by atoms with van der Waals surface area (Å²) in [5.74, 6) is 0. The molecule has 2 nitrogen and oxygen atoms in total. The van der Waals surface area contributed by atoms with E-state index in [0.717, 1.165) is 0 Å². The Bertz CT molecular complexity index is 379. The van der Waals surface area contributed by atoms with Crippen LogP contribution in [0.1, 0.15) is 12.0 Å². The summed E-state index contributed by atoms with van der Waals surface area (Å²) in [5.41, 5.74) is 6.85. The third-order valence-corrected chi connectivity index (χ3v) is 2.79. The van der Waals surface area contributed by atoms with Crippen LogP contribution in [0.25, 0.3) is 0 Å². The number of nitrogens with zero attached hydrogens (tertiary/aromatic N) is 1. The van der Waals surface area contributed by atoms with Crippen LogP contribution < -0.4 is 10.6 Å². The molecule has 0 aliphatic heterocycles. The summed E-state index contributed by atoms with van der Waals surface area (Å²) < 4.78 is 36.3. The van der Waals surface area contributed by atoms with Gasteiger partial charge in [-0.1, -0.05) is 17.7 Å². The van der Waals surface area contributed by atoms with Crippen molar-refractivity contribution < 1.29 is 13.2 Å². The van der Waals surface area contributed by atoms with Crippen molar-refractivity contribution in [2.24, 2.45) is 5.73 Å². The van der Waals surface area contributed by atoms with Crippen molar-refractivity contribution in [3.63, 3.8) is 0 Å². The van der Waals surface area contributed by atoms with Gasteiger partial charge in [0.1, 0.15) is 0 Å². The van der Waals surface area contributed by atoms with E-state index in [2.05, 4.69) is 0 Å². The molecular weight excluding hydrogens is 253 g/mol. The molecule has 1 rings (SSSR count). The first-order chi connectivity index (χ1) is 7.85. The van der Waals surface area contributed by atoms with Gasteiger partial charge in [-0.3, -0.25) is 0 Å². The molecule has 0 aliphatic rings. The van der Waals surface area contributed by atoms with Crippen molar-refractivity contribution in [1.82, 2.24) is 0 Å². The SMILES string of the molecule is CN(CCC(F)(F)F)c1cccc(Cl)c1CN. The minimum atomic E-state index is -4.16. The van der Waals surface area contributed by atoms with Crippen LogP contribution in [0.15, 0.2) is 18.2 Å². The van der Waals surface area contributed by atoms with Gasteiger partial charge in [0.15, 0.2) is 0 Å². The molecular formula is C11H14ClF3N2. The van der Waals surface area contributed by atoms with E-state index in [4.69, 9.17) is 17.3 Å². The molecule has 6 heteroatoms. The summed E-state index contributed by atoms with van der Waals surface area (Å²) in [6, 6.07) is 5.08. The Morgan fingerprint density at radius 1 is 1.35 bits per heavy atom. The van der Waals surface area contributed by atoms with E-state index in [1.165, 1.54) is 4.90 Å². The molecule has 0 saturated carbocycles. The Morgan fingerprint density at radius 2 is 2.00 bits per heavy atom. The van der Waals surface area contributed by atoms with Gasteiger partial charge in [0.2, 0.25) is 0 Å². The monoisotopic (exact) mass is 266 g/mol. The molecule has 0 aromatic heterocycles. The number of hydrogen-bond acceptors (Lipinski definition) is 2. The van der Waals surface area contributed by atoms with E-state index >= 15 is 0 Å². The van der Waals surface area contributed by atoms with Gasteiger partial charge in [0.05, 0.1) is 6.42 Å². The second-order valence-corrected chi connectivity index (χ2v) is 4.14. The van der Waals surface area contributed by atoms with E-state index < -0.39 is 12.6 Å². The molecule has 0 aliphatic carbocycles. The van der Waals surface area contributed by atoms with Crippen LogP contribution in [0.4, 0.5) is 18.9 Å². The second-order valence-electron chi connectivity index (χ2n) is 3.73. The Morgan fingerprint density at radius 3 is 2.53 bits per heavy atom. The molecule has 0 unspecified atom stereocenters. The van der Waals surface area contributed by atoms with Crippen LogP contribution >= 0.6 is 11.6 Å². The number of hydrogen-bond donors (Lipinski definition) is 1. The molecule has 0 heterocycles. The van der Waals surface area contributed by atoms with Crippen LogP contribution in [0, 0.1) is 0 Å². The highest BCUT2D eigenvalue weighted by Gasteiger charge is 2.27. The van der Waals surface area contributed by atoms with E-state index in [1.807, 2.05) is 0 Å². The van der Waals surface area contributed by atoms with Crippen molar-refractivity contribution in [2.45, 2.75) is 19.1 Å². The zero-order valence-electron chi connectivity index (χ0n) is 9.39. The quantitative estimate of drug-likeness (QED) is 0.907. The Hall–Kier alpha value is -0.940. The normalized spacial score (nSPS) is 11.6. The first-order valence-corrected chi connectivity index (χ1v) is 5.48. The maximum Gasteiger partial charge on any atom is 0.390 e. The lowest BCUT2D eigenvalue weighted by Gasteiger charge is -2.23. The van der Waals surface area contributed by atoms with Crippen molar-refractivity contribution in [3.05, 3.63) is 28.8 Å². The van der Waals surface area contributed by atoms with Gasteiger partial charge in [-0.05, 0) is 12.1 Å². The van der Waals surface area contributed by atoms with Crippen LogP contribution in [-0.2, 0) is 6.54 Å². The molecule has 1 aromatic rings. The average molecular weight is 267 g/mol. The molecule has 17 heavy (non-hydrogen) atoms. The third kappa shape index (κ3) is 4.09. The van der Waals surface area contributed by atoms with Crippen molar-refractivity contribution >= 4 is 17.3 Å². The molecule has 0 spiro atoms. The van der Waals surface area contributed by atoms with Crippen LogP contribution in [-0.4, -0.2) is 19.8 Å². The summed E-state index contributed by atoms with van der Waals surface area (Å²) in [7, 11) is 1.59. The average Bonchev–Trinajstić information content (AvgIpc) is 2.24. The predicted molar refractivity (Wildman–Crippen MR) is 63.3 cm³/mol. The number of rotatable bonds is 4. The zero-order chi connectivity index (χ0) is 13.1. The van der Waals surface area contributed by atoms with Crippen LogP contribution in [0.3, 0.4) is 0 Å². The Balaban J connectivity index is 2.82. The molecule has 0 bridgehead atoms. The van der Waals surface area contributed by atoms with Crippen molar-refractivity contribution in [3.8, 4) is 0 Å². The molecule has 2 N–H and O–H groups in total. The van der Waals surface area contributed by atoms with Gasteiger partial charge in [0, 0.05) is 36.4 Å². The minimum Gasteiger partial charge on any atom is -0.374 e. The molecule has 0 saturated heterocycles. The smallest absolute Gasteiger partial charge is 0.374 e.